The standard InChI is InChI=1S/C16H13ClN2O3/c1-9-15(20)19-14-12(3-2-4-13(14)22-9)18-16(21)10-5-7-11(17)8-6-10/h2-9H,1H3,(H,18,21)(H,19,20). The molecule has 0 bridgehead atoms. The smallest absolute Gasteiger partial charge is 0.265 e. The summed E-state index contributed by atoms with van der Waals surface area (Å²) in [6.07, 6.45) is -0.560. The normalized spacial score (nSPS) is 16.3. The molecule has 0 aliphatic carbocycles. The van der Waals surface area contributed by atoms with E-state index in [-0.39, 0.29) is 11.8 Å². The molecule has 0 radical (unpaired) electrons. The van der Waals surface area contributed by atoms with Crippen LogP contribution in [0.4, 0.5) is 11.4 Å². The van der Waals surface area contributed by atoms with Crippen LogP contribution in [0.3, 0.4) is 0 Å². The van der Waals surface area contributed by atoms with Gasteiger partial charge < -0.3 is 15.4 Å². The van der Waals surface area contributed by atoms with Crippen LogP contribution in [-0.4, -0.2) is 17.9 Å². The molecular formula is C16H13ClN2O3. The molecule has 0 fully saturated rings. The fourth-order valence-electron chi connectivity index (χ4n) is 2.13. The number of hydrogen-bond donors (Lipinski definition) is 2. The molecule has 0 saturated heterocycles. The molecule has 0 aromatic heterocycles. The van der Waals surface area contributed by atoms with Crippen LogP contribution < -0.4 is 15.4 Å². The average Bonchev–Trinajstić information content (AvgIpc) is 2.50. The molecule has 1 heterocycles. The number of anilines is 2. The van der Waals surface area contributed by atoms with Gasteiger partial charge in [0.1, 0.15) is 11.4 Å². The van der Waals surface area contributed by atoms with Gasteiger partial charge in [-0.05, 0) is 43.3 Å². The van der Waals surface area contributed by atoms with Gasteiger partial charge in [0.15, 0.2) is 6.10 Å². The van der Waals surface area contributed by atoms with E-state index in [9.17, 15) is 9.59 Å². The van der Waals surface area contributed by atoms with Crippen LogP contribution in [0.2, 0.25) is 5.02 Å². The summed E-state index contributed by atoms with van der Waals surface area (Å²) in [6.45, 7) is 1.66. The quantitative estimate of drug-likeness (QED) is 0.893. The minimum absolute atomic E-state index is 0.249. The Bertz CT molecular complexity index is 744. The maximum absolute atomic E-state index is 12.2. The van der Waals surface area contributed by atoms with Gasteiger partial charge in [0, 0.05) is 10.6 Å². The van der Waals surface area contributed by atoms with Crippen LogP contribution in [0.5, 0.6) is 5.75 Å². The van der Waals surface area contributed by atoms with Crippen molar-refractivity contribution in [3.05, 3.63) is 53.1 Å². The highest BCUT2D eigenvalue weighted by Crippen LogP contribution is 2.36. The van der Waals surface area contributed by atoms with Gasteiger partial charge in [0.2, 0.25) is 0 Å². The van der Waals surface area contributed by atoms with E-state index in [0.717, 1.165) is 0 Å². The van der Waals surface area contributed by atoms with E-state index < -0.39 is 6.10 Å². The van der Waals surface area contributed by atoms with Crippen molar-refractivity contribution in [2.45, 2.75) is 13.0 Å². The topological polar surface area (TPSA) is 67.4 Å². The third kappa shape index (κ3) is 2.76. The lowest BCUT2D eigenvalue weighted by atomic mass is 10.1. The Hall–Kier alpha value is -2.53. The molecule has 1 aliphatic rings. The lowest BCUT2D eigenvalue weighted by Gasteiger charge is -2.25. The van der Waals surface area contributed by atoms with E-state index >= 15 is 0 Å². The minimum Gasteiger partial charge on any atom is -0.479 e. The highest BCUT2D eigenvalue weighted by Gasteiger charge is 2.25. The number of hydrogen-bond acceptors (Lipinski definition) is 3. The maximum atomic E-state index is 12.2. The van der Waals surface area contributed by atoms with Gasteiger partial charge in [-0.2, -0.15) is 0 Å². The Morgan fingerprint density at radius 3 is 2.68 bits per heavy atom. The van der Waals surface area contributed by atoms with Crippen molar-refractivity contribution in [1.29, 1.82) is 0 Å². The number of ether oxygens (including phenoxy) is 1. The highest BCUT2D eigenvalue weighted by atomic mass is 35.5. The van der Waals surface area contributed by atoms with Gasteiger partial charge in [-0.1, -0.05) is 17.7 Å². The molecule has 112 valence electrons. The summed E-state index contributed by atoms with van der Waals surface area (Å²) in [5.74, 6) is -0.0142. The molecule has 2 amide bonds. The van der Waals surface area contributed by atoms with Crippen LogP contribution in [0.1, 0.15) is 17.3 Å². The predicted molar refractivity (Wildman–Crippen MR) is 84.6 cm³/mol. The van der Waals surface area contributed by atoms with Crippen LogP contribution in [0, 0.1) is 0 Å². The molecule has 1 unspecified atom stereocenters. The van der Waals surface area contributed by atoms with Gasteiger partial charge in [-0.15, -0.1) is 0 Å². The number of benzene rings is 2. The first-order valence-corrected chi connectivity index (χ1v) is 7.10. The second kappa shape index (κ2) is 5.69. The fourth-order valence-corrected chi connectivity index (χ4v) is 2.25. The van der Waals surface area contributed by atoms with Gasteiger partial charge in [-0.25, -0.2) is 0 Å². The van der Waals surface area contributed by atoms with Gasteiger partial charge >= 0.3 is 0 Å². The lowest BCUT2D eigenvalue weighted by molar-refractivity contribution is -0.122. The summed E-state index contributed by atoms with van der Waals surface area (Å²) >= 11 is 5.81. The Morgan fingerprint density at radius 1 is 1.23 bits per heavy atom. The maximum Gasteiger partial charge on any atom is 0.265 e. The monoisotopic (exact) mass is 316 g/mol. The van der Waals surface area contributed by atoms with Crippen molar-refractivity contribution in [1.82, 2.24) is 0 Å². The molecule has 2 aromatic rings. The van der Waals surface area contributed by atoms with Gasteiger partial charge in [0.05, 0.1) is 5.69 Å². The Balaban J connectivity index is 1.87. The zero-order chi connectivity index (χ0) is 15.7. The molecule has 0 spiro atoms. The van der Waals surface area contributed by atoms with Crippen molar-refractivity contribution in [3.8, 4) is 5.75 Å². The Labute approximate surface area is 132 Å². The third-order valence-corrected chi connectivity index (χ3v) is 3.55. The zero-order valence-corrected chi connectivity index (χ0v) is 12.5. The van der Waals surface area contributed by atoms with E-state index in [1.54, 1.807) is 49.4 Å². The Kier molecular flexibility index (Phi) is 3.73. The molecule has 6 heteroatoms. The average molecular weight is 317 g/mol. The number of para-hydroxylation sites is 1. The number of halogens is 1. The minimum atomic E-state index is -0.560. The van der Waals surface area contributed by atoms with Crippen molar-refractivity contribution in [3.63, 3.8) is 0 Å². The predicted octanol–water partition coefficient (Wildman–Crippen LogP) is 3.31. The van der Waals surface area contributed by atoms with Crippen molar-refractivity contribution in [2.75, 3.05) is 10.6 Å². The summed E-state index contributed by atoms with van der Waals surface area (Å²) in [4.78, 5) is 24.0. The van der Waals surface area contributed by atoms with Crippen LogP contribution in [-0.2, 0) is 4.79 Å². The van der Waals surface area contributed by atoms with Crippen LogP contribution in [0.25, 0.3) is 0 Å². The van der Waals surface area contributed by atoms with Crippen molar-refractivity contribution >= 4 is 34.8 Å². The number of rotatable bonds is 2. The van der Waals surface area contributed by atoms with Crippen molar-refractivity contribution < 1.29 is 14.3 Å². The first-order valence-electron chi connectivity index (χ1n) is 6.72. The van der Waals surface area contributed by atoms with E-state index in [4.69, 9.17) is 16.3 Å². The number of carbonyl (C=O) groups excluding carboxylic acids is 2. The van der Waals surface area contributed by atoms with E-state index in [2.05, 4.69) is 10.6 Å². The number of carbonyl (C=O) groups is 2. The van der Waals surface area contributed by atoms with Gasteiger partial charge in [0.25, 0.3) is 11.8 Å². The first-order chi connectivity index (χ1) is 10.5. The van der Waals surface area contributed by atoms with Crippen LogP contribution >= 0.6 is 11.6 Å². The second-order valence-corrected chi connectivity index (χ2v) is 5.33. The summed E-state index contributed by atoms with van der Waals surface area (Å²) in [5, 5.41) is 6.07. The fraction of sp³-hybridized carbons (Fsp3) is 0.125. The van der Waals surface area contributed by atoms with E-state index in [1.807, 2.05) is 0 Å². The summed E-state index contributed by atoms with van der Waals surface area (Å²) in [5.41, 5.74) is 1.42. The molecule has 2 N–H and O–H groups in total. The summed E-state index contributed by atoms with van der Waals surface area (Å²) < 4.78 is 5.51. The molecule has 1 atom stereocenters. The van der Waals surface area contributed by atoms with E-state index in [1.165, 1.54) is 0 Å². The second-order valence-electron chi connectivity index (χ2n) is 4.89. The molecule has 1 aliphatic heterocycles. The highest BCUT2D eigenvalue weighted by molar-refractivity contribution is 6.30. The summed E-state index contributed by atoms with van der Waals surface area (Å²) in [6, 6.07) is 11.7. The zero-order valence-electron chi connectivity index (χ0n) is 11.7. The lowest BCUT2D eigenvalue weighted by Crippen LogP contribution is -2.34. The molecule has 22 heavy (non-hydrogen) atoms. The first kappa shape index (κ1) is 14.4. The van der Waals surface area contributed by atoms with Crippen LogP contribution in [0.15, 0.2) is 42.5 Å². The third-order valence-electron chi connectivity index (χ3n) is 3.30. The largest absolute Gasteiger partial charge is 0.479 e. The molecule has 5 nitrogen and oxygen atoms in total. The number of nitrogens with one attached hydrogen (secondary N) is 2. The van der Waals surface area contributed by atoms with Crippen molar-refractivity contribution in [2.24, 2.45) is 0 Å². The number of fused-ring (bicyclic) bond motifs is 1. The van der Waals surface area contributed by atoms with E-state index in [0.29, 0.717) is 27.7 Å². The van der Waals surface area contributed by atoms with Gasteiger partial charge in [-0.3, -0.25) is 9.59 Å². The molecular weight excluding hydrogens is 304 g/mol. The molecule has 2 aromatic carbocycles. The Morgan fingerprint density at radius 2 is 1.95 bits per heavy atom. The molecule has 3 rings (SSSR count). The number of amides is 2. The summed E-state index contributed by atoms with van der Waals surface area (Å²) in [7, 11) is 0. The molecule has 0 saturated carbocycles. The SMILES string of the molecule is CC1Oc2cccc(NC(=O)c3ccc(Cl)cc3)c2NC1=O.